The Hall–Kier alpha value is -2.41. The molecule has 0 saturated heterocycles. The van der Waals surface area contributed by atoms with Crippen molar-refractivity contribution < 1.29 is 14.8 Å². The molecule has 0 aliphatic heterocycles. The maximum absolute atomic E-state index is 11.7. The first-order valence-electron chi connectivity index (χ1n) is 6.65. The van der Waals surface area contributed by atoms with Crippen molar-refractivity contribution in [2.24, 2.45) is 5.92 Å². The van der Waals surface area contributed by atoms with Gasteiger partial charge in [-0.15, -0.1) is 0 Å². The summed E-state index contributed by atoms with van der Waals surface area (Å²) in [5.74, 6) is 0.0899. The Morgan fingerprint density at radius 2 is 2.24 bits per heavy atom. The number of hydrogen-bond acceptors (Lipinski definition) is 4. The van der Waals surface area contributed by atoms with E-state index in [2.05, 4.69) is 10.6 Å². The zero-order valence-corrected chi connectivity index (χ0v) is 11.4. The first-order chi connectivity index (χ1) is 10.1. The van der Waals surface area contributed by atoms with E-state index < -0.39 is 4.92 Å². The van der Waals surface area contributed by atoms with Crippen LogP contribution in [0, 0.1) is 16.0 Å². The molecule has 1 aromatic rings. The number of benzene rings is 1. The van der Waals surface area contributed by atoms with Crippen LogP contribution in [-0.4, -0.2) is 28.7 Å². The molecule has 2 atom stereocenters. The van der Waals surface area contributed by atoms with Crippen LogP contribution in [0.4, 0.5) is 10.5 Å². The predicted molar refractivity (Wildman–Crippen MR) is 76.6 cm³/mol. The average Bonchev–Trinajstić information content (AvgIpc) is 2.93. The maximum atomic E-state index is 11.7. The van der Waals surface area contributed by atoms with Gasteiger partial charge >= 0.3 is 6.03 Å². The molecule has 7 heteroatoms. The Bertz CT molecular complexity index is 559. The quantitative estimate of drug-likeness (QED) is 0.432. The fourth-order valence-electron chi connectivity index (χ4n) is 2.20. The Morgan fingerprint density at radius 3 is 2.90 bits per heavy atom. The maximum Gasteiger partial charge on any atom is 0.315 e. The summed E-state index contributed by atoms with van der Waals surface area (Å²) in [7, 11) is 0. The third kappa shape index (κ3) is 4.28. The minimum Gasteiger partial charge on any atom is -0.396 e. The first kappa shape index (κ1) is 15.0. The zero-order chi connectivity index (χ0) is 15.2. The van der Waals surface area contributed by atoms with Crippen molar-refractivity contribution in [2.45, 2.75) is 19.0 Å². The van der Waals surface area contributed by atoms with E-state index in [1.807, 2.05) is 12.2 Å². The molecule has 2 amide bonds. The number of hydrogen-bond donors (Lipinski definition) is 3. The van der Waals surface area contributed by atoms with Crippen molar-refractivity contribution in [3.05, 3.63) is 52.1 Å². The van der Waals surface area contributed by atoms with Crippen LogP contribution in [0.25, 0.3) is 0 Å². The molecule has 7 nitrogen and oxygen atoms in total. The fraction of sp³-hybridized carbons (Fsp3) is 0.357. The van der Waals surface area contributed by atoms with Crippen molar-refractivity contribution in [1.82, 2.24) is 10.6 Å². The van der Waals surface area contributed by atoms with Gasteiger partial charge in [0.15, 0.2) is 0 Å². The molecule has 0 bridgehead atoms. The molecule has 0 heterocycles. The van der Waals surface area contributed by atoms with Gasteiger partial charge in [0.1, 0.15) is 0 Å². The summed E-state index contributed by atoms with van der Waals surface area (Å²) in [6.45, 7) is 0.289. The summed E-state index contributed by atoms with van der Waals surface area (Å²) >= 11 is 0. The number of rotatable bonds is 5. The Balaban J connectivity index is 1.80. The molecule has 0 spiro atoms. The lowest BCUT2D eigenvalue weighted by molar-refractivity contribution is -0.384. The summed E-state index contributed by atoms with van der Waals surface area (Å²) in [5, 5.41) is 25.1. The van der Waals surface area contributed by atoms with Crippen molar-refractivity contribution in [1.29, 1.82) is 0 Å². The van der Waals surface area contributed by atoms with Crippen LogP contribution < -0.4 is 10.6 Å². The zero-order valence-electron chi connectivity index (χ0n) is 11.4. The van der Waals surface area contributed by atoms with E-state index in [4.69, 9.17) is 5.11 Å². The van der Waals surface area contributed by atoms with Crippen molar-refractivity contribution in [3.8, 4) is 0 Å². The van der Waals surface area contributed by atoms with Gasteiger partial charge in [-0.05, 0) is 12.0 Å². The second-order valence-corrected chi connectivity index (χ2v) is 4.92. The summed E-state index contributed by atoms with van der Waals surface area (Å²) < 4.78 is 0. The molecule has 1 aliphatic rings. The van der Waals surface area contributed by atoms with Crippen LogP contribution in [0.2, 0.25) is 0 Å². The average molecular weight is 291 g/mol. The van der Waals surface area contributed by atoms with E-state index in [0.29, 0.717) is 12.0 Å². The fourth-order valence-corrected chi connectivity index (χ4v) is 2.20. The molecule has 0 saturated carbocycles. The van der Waals surface area contributed by atoms with Crippen LogP contribution >= 0.6 is 0 Å². The minimum atomic E-state index is -0.470. The van der Waals surface area contributed by atoms with Gasteiger partial charge in [-0.3, -0.25) is 10.1 Å². The number of amides is 2. The standard InChI is InChI=1S/C14H17N3O4/c18-9-11-4-5-12(6-11)16-14(19)15-8-10-2-1-3-13(7-10)17(20)21/h1-5,7,11-12,18H,6,8-9H2,(H2,15,16,19)/t11-,12+/m0/s1. The van der Waals surface area contributed by atoms with Gasteiger partial charge in [0.25, 0.3) is 5.69 Å². The molecule has 1 aliphatic carbocycles. The highest BCUT2D eigenvalue weighted by Gasteiger charge is 2.19. The van der Waals surface area contributed by atoms with Crippen LogP contribution in [0.3, 0.4) is 0 Å². The van der Waals surface area contributed by atoms with E-state index >= 15 is 0 Å². The van der Waals surface area contributed by atoms with E-state index in [-0.39, 0.29) is 36.8 Å². The molecule has 0 fully saturated rings. The second kappa shape index (κ2) is 6.85. The lowest BCUT2D eigenvalue weighted by Crippen LogP contribution is -2.40. The summed E-state index contributed by atoms with van der Waals surface area (Å²) in [6.07, 6.45) is 4.42. The Labute approximate surface area is 121 Å². The molecule has 2 rings (SSSR count). The topological polar surface area (TPSA) is 104 Å². The number of nitrogens with zero attached hydrogens (tertiary/aromatic N) is 1. The van der Waals surface area contributed by atoms with Crippen LogP contribution in [0.15, 0.2) is 36.4 Å². The van der Waals surface area contributed by atoms with Gasteiger partial charge in [0.05, 0.1) is 4.92 Å². The number of carbonyl (C=O) groups excluding carboxylic acids is 1. The van der Waals surface area contributed by atoms with Gasteiger partial charge in [-0.2, -0.15) is 0 Å². The second-order valence-electron chi connectivity index (χ2n) is 4.92. The van der Waals surface area contributed by atoms with E-state index in [1.54, 1.807) is 12.1 Å². The molecular formula is C14H17N3O4. The molecule has 112 valence electrons. The van der Waals surface area contributed by atoms with E-state index in [1.165, 1.54) is 12.1 Å². The summed E-state index contributed by atoms with van der Waals surface area (Å²) in [6, 6.07) is 5.70. The van der Waals surface area contributed by atoms with Crippen LogP contribution in [-0.2, 0) is 6.54 Å². The number of urea groups is 1. The number of carbonyl (C=O) groups is 1. The van der Waals surface area contributed by atoms with Gasteiger partial charge in [0.2, 0.25) is 0 Å². The molecule has 3 N–H and O–H groups in total. The highest BCUT2D eigenvalue weighted by molar-refractivity contribution is 5.74. The third-order valence-electron chi connectivity index (χ3n) is 3.30. The lowest BCUT2D eigenvalue weighted by Gasteiger charge is -2.13. The van der Waals surface area contributed by atoms with Crippen molar-refractivity contribution in [3.63, 3.8) is 0 Å². The Kier molecular flexibility index (Phi) is 4.89. The van der Waals surface area contributed by atoms with Gasteiger partial charge in [-0.25, -0.2) is 4.79 Å². The smallest absolute Gasteiger partial charge is 0.315 e. The van der Waals surface area contributed by atoms with E-state index in [9.17, 15) is 14.9 Å². The SMILES string of the molecule is O=C(NCc1cccc([N+](=O)[O-])c1)N[C@@H]1C=C[C@H](CO)C1. The van der Waals surface area contributed by atoms with Crippen LogP contribution in [0.1, 0.15) is 12.0 Å². The molecule has 0 radical (unpaired) electrons. The molecule has 1 aromatic carbocycles. The minimum absolute atomic E-state index is 0.000720. The first-order valence-corrected chi connectivity index (χ1v) is 6.65. The molecule has 21 heavy (non-hydrogen) atoms. The van der Waals surface area contributed by atoms with Gasteiger partial charge < -0.3 is 15.7 Å². The summed E-state index contributed by atoms with van der Waals surface area (Å²) in [5.41, 5.74) is 0.661. The highest BCUT2D eigenvalue weighted by atomic mass is 16.6. The van der Waals surface area contributed by atoms with E-state index in [0.717, 1.165) is 0 Å². The highest BCUT2D eigenvalue weighted by Crippen LogP contribution is 2.17. The van der Waals surface area contributed by atoms with Crippen molar-refractivity contribution >= 4 is 11.7 Å². The van der Waals surface area contributed by atoms with Gasteiger partial charge in [-0.1, -0.05) is 24.3 Å². The van der Waals surface area contributed by atoms with Gasteiger partial charge in [0, 0.05) is 37.2 Å². The number of nitro benzene ring substituents is 1. The third-order valence-corrected chi connectivity index (χ3v) is 3.30. The number of nitro groups is 1. The lowest BCUT2D eigenvalue weighted by atomic mass is 10.1. The molecular weight excluding hydrogens is 274 g/mol. The summed E-state index contributed by atoms with van der Waals surface area (Å²) in [4.78, 5) is 21.9. The number of non-ortho nitro benzene ring substituents is 1. The number of nitrogens with one attached hydrogen (secondary N) is 2. The normalized spacial score (nSPS) is 20.2. The Morgan fingerprint density at radius 1 is 1.43 bits per heavy atom. The molecule has 0 aromatic heterocycles. The number of aliphatic hydroxyl groups is 1. The van der Waals surface area contributed by atoms with Crippen LogP contribution in [0.5, 0.6) is 0 Å². The molecule has 0 unspecified atom stereocenters. The van der Waals surface area contributed by atoms with Crippen molar-refractivity contribution in [2.75, 3.05) is 6.61 Å². The predicted octanol–water partition coefficient (Wildman–Crippen LogP) is 1.33. The number of aliphatic hydroxyl groups excluding tert-OH is 1. The largest absolute Gasteiger partial charge is 0.396 e. The monoisotopic (exact) mass is 291 g/mol.